The largest absolute Gasteiger partial charge is 0.481 e. The number of carbonyl (C=O) groups is 2. The fourth-order valence-electron chi connectivity index (χ4n) is 3.11. The Morgan fingerprint density at radius 3 is 2.50 bits per heavy atom. The van der Waals surface area contributed by atoms with Gasteiger partial charge in [-0.05, 0) is 38.7 Å². The van der Waals surface area contributed by atoms with Crippen LogP contribution < -0.4 is 0 Å². The van der Waals surface area contributed by atoms with Crippen molar-refractivity contribution < 1.29 is 14.7 Å². The minimum absolute atomic E-state index is 0.117. The molecule has 1 fully saturated rings. The molecule has 2 rings (SSSR count). The first-order chi connectivity index (χ1) is 10.4. The zero-order valence-corrected chi connectivity index (χ0v) is 13.6. The van der Waals surface area contributed by atoms with E-state index in [1.54, 1.807) is 0 Å². The molecule has 6 nitrogen and oxygen atoms in total. The smallest absolute Gasteiger partial charge is 0.303 e. The van der Waals surface area contributed by atoms with Crippen molar-refractivity contribution in [1.29, 1.82) is 0 Å². The number of aryl methyl sites for hydroxylation is 2. The summed E-state index contributed by atoms with van der Waals surface area (Å²) in [6.45, 7) is 7.80. The molecule has 0 aromatic carbocycles. The van der Waals surface area contributed by atoms with Crippen LogP contribution in [0.25, 0.3) is 0 Å². The number of hydrogen-bond donors (Lipinski definition) is 1. The van der Waals surface area contributed by atoms with Gasteiger partial charge < -0.3 is 10.0 Å². The van der Waals surface area contributed by atoms with Gasteiger partial charge in [0.1, 0.15) is 0 Å². The zero-order chi connectivity index (χ0) is 16.3. The molecule has 1 N–H and O–H groups in total. The number of aliphatic carboxylic acids is 1. The third-order valence-corrected chi connectivity index (χ3v) is 4.36. The van der Waals surface area contributed by atoms with Crippen molar-refractivity contribution in [3.63, 3.8) is 0 Å². The monoisotopic (exact) mass is 307 g/mol. The highest BCUT2D eigenvalue weighted by atomic mass is 16.4. The maximum Gasteiger partial charge on any atom is 0.303 e. The molecule has 1 atom stereocenters. The Morgan fingerprint density at radius 1 is 1.36 bits per heavy atom. The van der Waals surface area contributed by atoms with Crippen LogP contribution in [0.5, 0.6) is 0 Å². The summed E-state index contributed by atoms with van der Waals surface area (Å²) in [6, 6.07) is 2.01. The van der Waals surface area contributed by atoms with E-state index < -0.39 is 5.97 Å². The standard InChI is InChI=1S/C16H25N3O3/c1-11(10-19-13(3)8-12(2)17-19)16(22)18-6-4-14(5-7-18)9-15(20)21/h8,11,14H,4-7,9-10H2,1-3H3,(H,20,21)/t11-/m0/s1. The molecular formula is C16H25N3O3. The van der Waals surface area contributed by atoms with Crippen molar-refractivity contribution in [2.24, 2.45) is 11.8 Å². The molecule has 1 aromatic heterocycles. The number of carboxylic acid groups (broad SMARTS) is 1. The van der Waals surface area contributed by atoms with Crippen LogP contribution in [0.2, 0.25) is 0 Å². The summed E-state index contributed by atoms with van der Waals surface area (Å²) < 4.78 is 1.88. The highest BCUT2D eigenvalue weighted by molar-refractivity contribution is 5.78. The molecule has 0 spiro atoms. The molecular weight excluding hydrogens is 282 g/mol. The van der Waals surface area contributed by atoms with Crippen LogP contribution in [-0.4, -0.2) is 44.8 Å². The van der Waals surface area contributed by atoms with Gasteiger partial charge in [-0.3, -0.25) is 14.3 Å². The van der Waals surface area contributed by atoms with Crippen LogP contribution in [0.15, 0.2) is 6.07 Å². The van der Waals surface area contributed by atoms with Crippen LogP contribution in [0.4, 0.5) is 0 Å². The Labute approximate surface area is 131 Å². The van der Waals surface area contributed by atoms with Crippen LogP contribution in [0.1, 0.15) is 37.6 Å². The summed E-state index contributed by atoms with van der Waals surface area (Å²) >= 11 is 0. The predicted octanol–water partition coefficient (Wildman–Crippen LogP) is 1.85. The van der Waals surface area contributed by atoms with E-state index in [-0.39, 0.29) is 24.2 Å². The predicted molar refractivity (Wildman–Crippen MR) is 82.4 cm³/mol. The molecule has 2 heterocycles. The Hall–Kier alpha value is -1.85. The Morgan fingerprint density at radius 2 is 2.00 bits per heavy atom. The lowest BCUT2D eigenvalue weighted by Crippen LogP contribution is -2.42. The molecule has 0 aliphatic carbocycles. The molecule has 1 amide bonds. The minimum atomic E-state index is -0.748. The van der Waals surface area contributed by atoms with E-state index in [0.717, 1.165) is 24.2 Å². The van der Waals surface area contributed by atoms with Crippen LogP contribution in [0, 0.1) is 25.7 Å². The molecule has 0 saturated carbocycles. The molecule has 0 radical (unpaired) electrons. The third kappa shape index (κ3) is 4.08. The van der Waals surface area contributed by atoms with Gasteiger partial charge in [0, 0.05) is 25.2 Å². The first kappa shape index (κ1) is 16.5. The number of amides is 1. The molecule has 1 saturated heterocycles. The van der Waals surface area contributed by atoms with Crippen molar-refractivity contribution in [3.05, 3.63) is 17.5 Å². The lowest BCUT2D eigenvalue weighted by molar-refractivity contribution is -0.139. The fraction of sp³-hybridized carbons (Fsp3) is 0.688. The van der Waals surface area contributed by atoms with Crippen molar-refractivity contribution in [3.8, 4) is 0 Å². The summed E-state index contributed by atoms with van der Waals surface area (Å²) in [6.07, 6.45) is 1.78. The van der Waals surface area contributed by atoms with E-state index in [2.05, 4.69) is 5.10 Å². The number of likely N-dealkylation sites (tertiary alicyclic amines) is 1. The number of carbonyl (C=O) groups excluding carboxylic acids is 1. The van der Waals surface area contributed by atoms with E-state index in [4.69, 9.17) is 5.11 Å². The van der Waals surface area contributed by atoms with E-state index in [0.29, 0.717) is 19.6 Å². The second-order valence-electron chi connectivity index (χ2n) is 6.38. The van der Waals surface area contributed by atoms with E-state index in [9.17, 15) is 9.59 Å². The van der Waals surface area contributed by atoms with Crippen molar-refractivity contribution >= 4 is 11.9 Å². The topological polar surface area (TPSA) is 75.4 Å². The van der Waals surface area contributed by atoms with Gasteiger partial charge >= 0.3 is 5.97 Å². The summed E-state index contributed by atoms with van der Waals surface area (Å²) in [7, 11) is 0. The van der Waals surface area contributed by atoms with Crippen molar-refractivity contribution in [2.75, 3.05) is 13.1 Å². The van der Waals surface area contributed by atoms with Crippen LogP contribution >= 0.6 is 0 Å². The third-order valence-electron chi connectivity index (χ3n) is 4.36. The number of aromatic nitrogens is 2. The van der Waals surface area contributed by atoms with E-state index >= 15 is 0 Å². The van der Waals surface area contributed by atoms with Gasteiger partial charge in [0.15, 0.2) is 0 Å². The molecule has 0 bridgehead atoms. The molecule has 0 unspecified atom stereocenters. The zero-order valence-electron chi connectivity index (χ0n) is 13.6. The summed E-state index contributed by atoms with van der Waals surface area (Å²) in [5, 5.41) is 13.2. The van der Waals surface area contributed by atoms with Crippen LogP contribution in [0.3, 0.4) is 0 Å². The number of piperidine rings is 1. The SMILES string of the molecule is Cc1cc(C)n(C[C@H](C)C(=O)N2CCC(CC(=O)O)CC2)n1. The van der Waals surface area contributed by atoms with E-state index in [1.165, 1.54) is 0 Å². The second kappa shape index (κ2) is 6.94. The molecule has 22 heavy (non-hydrogen) atoms. The average Bonchev–Trinajstić information content (AvgIpc) is 2.76. The summed E-state index contributed by atoms with van der Waals surface area (Å²) in [5.41, 5.74) is 2.03. The molecule has 1 aliphatic heterocycles. The lowest BCUT2D eigenvalue weighted by atomic mass is 9.93. The normalized spacial score (nSPS) is 17.5. The van der Waals surface area contributed by atoms with Crippen molar-refractivity contribution in [1.82, 2.24) is 14.7 Å². The Bertz CT molecular complexity index is 545. The summed E-state index contributed by atoms with van der Waals surface area (Å²) in [5.74, 6) is -0.522. The number of nitrogens with zero attached hydrogens (tertiary/aromatic N) is 3. The maximum absolute atomic E-state index is 12.5. The Balaban J connectivity index is 1.86. The van der Waals surface area contributed by atoms with Gasteiger partial charge in [-0.1, -0.05) is 6.92 Å². The summed E-state index contributed by atoms with van der Waals surface area (Å²) in [4.78, 5) is 25.1. The number of hydrogen-bond acceptors (Lipinski definition) is 3. The van der Waals surface area contributed by atoms with Crippen molar-refractivity contribution in [2.45, 2.75) is 46.6 Å². The Kier molecular flexibility index (Phi) is 5.21. The van der Waals surface area contributed by atoms with Gasteiger partial charge in [-0.25, -0.2) is 0 Å². The first-order valence-corrected chi connectivity index (χ1v) is 7.88. The molecule has 1 aromatic rings. The highest BCUT2D eigenvalue weighted by Gasteiger charge is 2.27. The minimum Gasteiger partial charge on any atom is -0.481 e. The van der Waals surface area contributed by atoms with Gasteiger partial charge in [0.25, 0.3) is 0 Å². The molecule has 1 aliphatic rings. The lowest BCUT2D eigenvalue weighted by Gasteiger charge is -2.33. The molecule has 6 heteroatoms. The van der Waals surface area contributed by atoms with E-state index in [1.807, 2.05) is 36.4 Å². The maximum atomic E-state index is 12.5. The first-order valence-electron chi connectivity index (χ1n) is 7.88. The number of rotatable bonds is 5. The van der Waals surface area contributed by atoms with Gasteiger partial charge in [-0.15, -0.1) is 0 Å². The van der Waals surface area contributed by atoms with Gasteiger partial charge in [0.05, 0.1) is 18.2 Å². The number of carboxylic acids is 1. The van der Waals surface area contributed by atoms with Gasteiger partial charge in [0.2, 0.25) is 5.91 Å². The van der Waals surface area contributed by atoms with Gasteiger partial charge in [-0.2, -0.15) is 5.10 Å². The molecule has 122 valence electrons. The second-order valence-corrected chi connectivity index (χ2v) is 6.38. The van der Waals surface area contributed by atoms with Crippen LogP contribution in [-0.2, 0) is 16.1 Å². The quantitative estimate of drug-likeness (QED) is 0.901. The average molecular weight is 307 g/mol. The fourth-order valence-corrected chi connectivity index (χ4v) is 3.11. The highest BCUT2D eigenvalue weighted by Crippen LogP contribution is 2.22.